The van der Waals surface area contributed by atoms with Crippen LogP contribution >= 0.6 is 0 Å². The smallest absolute Gasteiger partial charge is 0.299 e. The first-order chi connectivity index (χ1) is 9.56. The maximum atomic E-state index is 12.0. The molecule has 1 aliphatic heterocycles. The molecule has 0 aromatic heterocycles. The van der Waals surface area contributed by atoms with Crippen molar-refractivity contribution in [3.05, 3.63) is 29.3 Å². The summed E-state index contributed by atoms with van der Waals surface area (Å²) >= 11 is 0. The monoisotopic (exact) mass is 276 g/mol. The molecule has 0 fully saturated rings. The van der Waals surface area contributed by atoms with Gasteiger partial charge in [-0.05, 0) is 18.6 Å². The second kappa shape index (κ2) is 5.83. The highest BCUT2D eigenvalue weighted by molar-refractivity contribution is 6.52. The maximum Gasteiger partial charge on any atom is 0.299 e. The predicted octanol–water partition coefficient (Wildman–Crippen LogP) is 0.287. The summed E-state index contributed by atoms with van der Waals surface area (Å²) in [6.45, 7) is 2.41. The minimum atomic E-state index is -0.656. The number of hydrogen-bond acceptors (Lipinski definition) is 4. The van der Waals surface area contributed by atoms with Gasteiger partial charge < -0.3 is 10.1 Å². The standard InChI is InChI=1S/C14H16N2O4/c1-9-4-3-5-10-12(9)16(14(19)13(10)18)8-11(17)15-6-7-20-2/h3-5H,6-8H2,1-2H3,(H,15,17). The number of Topliss-reactive ketones (excluding diaryl/α,β-unsaturated/α-hetero) is 1. The van der Waals surface area contributed by atoms with Gasteiger partial charge in [-0.1, -0.05) is 12.1 Å². The number of amides is 2. The number of benzene rings is 1. The molecule has 2 rings (SSSR count). The lowest BCUT2D eigenvalue weighted by Crippen LogP contribution is -2.41. The van der Waals surface area contributed by atoms with Crippen molar-refractivity contribution < 1.29 is 19.1 Å². The molecule has 6 nitrogen and oxygen atoms in total. The van der Waals surface area contributed by atoms with Gasteiger partial charge in [0.05, 0.1) is 17.9 Å². The zero-order valence-electron chi connectivity index (χ0n) is 11.4. The molecule has 0 aliphatic carbocycles. The Bertz CT molecular complexity index is 568. The Morgan fingerprint density at radius 2 is 2.10 bits per heavy atom. The fourth-order valence-electron chi connectivity index (χ4n) is 2.18. The van der Waals surface area contributed by atoms with Crippen LogP contribution in [0.4, 0.5) is 5.69 Å². The SMILES string of the molecule is COCCNC(=O)CN1C(=O)C(=O)c2cccc(C)c21. The van der Waals surface area contributed by atoms with Gasteiger partial charge >= 0.3 is 0 Å². The van der Waals surface area contributed by atoms with Crippen LogP contribution in [-0.4, -0.2) is 44.4 Å². The molecule has 0 atom stereocenters. The van der Waals surface area contributed by atoms with E-state index >= 15 is 0 Å². The van der Waals surface area contributed by atoms with Crippen LogP contribution < -0.4 is 10.2 Å². The first kappa shape index (κ1) is 14.2. The number of aryl methyl sites for hydroxylation is 1. The Labute approximate surface area is 116 Å². The first-order valence-electron chi connectivity index (χ1n) is 6.27. The van der Waals surface area contributed by atoms with Gasteiger partial charge in [0.2, 0.25) is 5.91 Å². The lowest BCUT2D eigenvalue weighted by molar-refractivity contribution is -0.122. The molecule has 0 spiro atoms. The highest BCUT2D eigenvalue weighted by Gasteiger charge is 2.37. The van der Waals surface area contributed by atoms with Crippen LogP contribution in [0, 0.1) is 6.92 Å². The molecule has 1 aliphatic rings. The number of ketones is 1. The molecule has 1 aromatic rings. The van der Waals surface area contributed by atoms with Crippen LogP contribution in [0.1, 0.15) is 15.9 Å². The molecule has 0 bridgehead atoms. The zero-order valence-corrected chi connectivity index (χ0v) is 11.4. The van der Waals surface area contributed by atoms with Gasteiger partial charge in [0.1, 0.15) is 6.54 Å². The molecule has 0 unspecified atom stereocenters. The van der Waals surface area contributed by atoms with Gasteiger partial charge in [-0.2, -0.15) is 0 Å². The molecule has 20 heavy (non-hydrogen) atoms. The van der Waals surface area contributed by atoms with Crippen LogP contribution in [-0.2, 0) is 14.3 Å². The Morgan fingerprint density at radius 1 is 1.35 bits per heavy atom. The van der Waals surface area contributed by atoms with Crippen molar-refractivity contribution in [2.75, 3.05) is 31.7 Å². The molecule has 2 amide bonds. The van der Waals surface area contributed by atoms with E-state index in [0.29, 0.717) is 24.4 Å². The molecule has 1 heterocycles. The molecule has 0 saturated heterocycles. The average Bonchev–Trinajstić information content (AvgIpc) is 2.66. The maximum absolute atomic E-state index is 12.0. The van der Waals surface area contributed by atoms with Crippen molar-refractivity contribution in [1.82, 2.24) is 5.32 Å². The normalized spacial score (nSPS) is 13.6. The second-order valence-corrected chi connectivity index (χ2v) is 4.53. The number of methoxy groups -OCH3 is 1. The number of nitrogens with one attached hydrogen (secondary N) is 1. The van der Waals surface area contributed by atoms with Crippen molar-refractivity contribution in [3.63, 3.8) is 0 Å². The van der Waals surface area contributed by atoms with Crippen molar-refractivity contribution >= 4 is 23.3 Å². The van der Waals surface area contributed by atoms with Crippen molar-refractivity contribution in [1.29, 1.82) is 0 Å². The van der Waals surface area contributed by atoms with Crippen LogP contribution in [0.3, 0.4) is 0 Å². The van der Waals surface area contributed by atoms with Crippen molar-refractivity contribution in [2.24, 2.45) is 0 Å². The van der Waals surface area contributed by atoms with Crippen LogP contribution in [0.25, 0.3) is 0 Å². The van der Waals surface area contributed by atoms with E-state index in [-0.39, 0.29) is 12.5 Å². The summed E-state index contributed by atoms with van der Waals surface area (Å²) in [5.74, 6) is -1.54. The molecule has 0 radical (unpaired) electrons. The quantitative estimate of drug-likeness (QED) is 0.619. The fraction of sp³-hybridized carbons (Fsp3) is 0.357. The van der Waals surface area contributed by atoms with Crippen LogP contribution in [0.2, 0.25) is 0 Å². The number of para-hydroxylation sites is 1. The topological polar surface area (TPSA) is 75.7 Å². The number of hydrogen-bond donors (Lipinski definition) is 1. The fourth-order valence-corrected chi connectivity index (χ4v) is 2.18. The van der Waals surface area contributed by atoms with Crippen LogP contribution in [0.5, 0.6) is 0 Å². The summed E-state index contributed by atoms with van der Waals surface area (Å²) in [4.78, 5) is 36.8. The Morgan fingerprint density at radius 3 is 2.80 bits per heavy atom. The van der Waals surface area contributed by atoms with Gasteiger partial charge in [-0.3, -0.25) is 19.3 Å². The number of rotatable bonds is 5. The van der Waals surface area contributed by atoms with E-state index < -0.39 is 11.7 Å². The van der Waals surface area contributed by atoms with Gasteiger partial charge in [0, 0.05) is 13.7 Å². The molecular weight excluding hydrogens is 260 g/mol. The molecule has 1 N–H and O–H groups in total. The van der Waals surface area contributed by atoms with E-state index in [9.17, 15) is 14.4 Å². The molecule has 106 valence electrons. The minimum Gasteiger partial charge on any atom is -0.383 e. The third-order valence-electron chi connectivity index (χ3n) is 3.12. The Balaban J connectivity index is 2.16. The first-order valence-corrected chi connectivity index (χ1v) is 6.27. The summed E-state index contributed by atoms with van der Waals surface area (Å²) < 4.78 is 4.83. The summed E-state index contributed by atoms with van der Waals surface area (Å²) in [7, 11) is 1.54. The Hall–Kier alpha value is -2.21. The number of fused-ring (bicyclic) bond motifs is 1. The minimum absolute atomic E-state index is 0.161. The third kappa shape index (κ3) is 2.55. The highest BCUT2D eigenvalue weighted by atomic mass is 16.5. The van der Waals surface area contributed by atoms with E-state index in [1.807, 2.05) is 0 Å². The number of carbonyl (C=O) groups is 3. The lowest BCUT2D eigenvalue weighted by Gasteiger charge is -2.17. The third-order valence-corrected chi connectivity index (χ3v) is 3.12. The molecule has 6 heteroatoms. The highest BCUT2D eigenvalue weighted by Crippen LogP contribution is 2.31. The lowest BCUT2D eigenvalue weighted by atomic mass is 10.1. The zero-order chi connectivity index (χ0) is 14.7. The predicted molar refractivity (Wildman–Crippen MR) is 72.7 cm³/mol. The molecular formula is C14H16N2O4. The summed E-state index contributed by atoms with van der Waals surface area (Å²) in [6, 6.07) is 5.13. The number of ether oxygens (including phenoxy) is 1. The van der Waals surface area contributed by atoms with Gasteiger partial charge in [-0.25, -0.2) is 0 Å². The van der Waals surface area contributed by atoms with Gasteiger partial charge in [0.25, 0.3) is 11.7 Å². The van der Waals surface area contributed by atoms with E-state index in [0.717, 1.165) is 5.56 Å². The van der Waals surface area contributed by atoms with Gasteiger partial charge in [0.15, 0.2) is 0 Å². The van der Waals surface area contributed by atoms with Crippen LogP contribution in [0.15, 0.2) is 18.2 Å². The molecule has 0 saturated carbocycles. The van der Waals surface area contributed by atoms with Gasteiger partial charge in [-0.15, -0.1) is 0 Å². The summed E-state index contributed by atoms with van der Waals surface area (Å²) in [6.07, 6.45) is 0. The summed E-state index contributed by atoms with van der Waals surface area (Å²) in [5.41, 5.74) is 1.69. The van der Waals surface area contributed by atoms with E-state index in [4.69, 9.17) is 4.74 Å². The number of anilines is 1. The molecule has 1 aromatic carbocycles. The summed E-state index contributed by atoms with van der Waals surface area (Å²) in [5, 5.41) is 2.63. The van der Waals surface area contributed by atoms with Crippen molar-refractivity contribution in [2.45, 2.75) is 6.92 Å². The second-order valence-electron chi connectivity index (χ2n) is 4.53. The average molecular weight is 276 g/mol. The Kier molecular flexibility index (Phi) is 4.14. The largest absolute Gasteiger partial charge is 0.383 e. The number of carbonyl (C=O) groups excluding carboxylic acids is 3. The van der Waals surface area contributed by atoms with Crippen molar-refractivity contribution in [3.8, 4) is 0 Å². The van der Waals surface area contributed by atoms with E-state index in [1.54, 1.807) is 25.1 Å². The number of nitrogens with zero attached hydrogens (tertiary/aromatic N) is 1. The van der Waals surface area contributed by atoms with E-state index in [2.05, 4.69) is 5.32 Å². The van der Waals surface area contributed by atoms with E-state index in [1.165, 1.54) is 12.0 Å².